The minimum atomic E-state index is -2.84. The highest BCUT2D eigenvalue weighted by molar-refractivity contribution is 7.96. The molecule has 0 aromatic heterocycles. The second kappa shape index (κ2) is 11.2. The van der Waals surface area contributed by atoms with Crippen molar-refractivity contribution >= 4 is 45.8 Å². The van der Waals surface area contributed by atoms with Crippen LogP contribution in [-0.4, -0.2) is 36.2 Å². The molecule has 0 radical (unpaired) electrons. The van der Waals surface area contributed by atoms with E-state index in [1.807, 2.05) is 91.0 Å². The lowest BCUT2D eigenvalue weighted by molar-refractivity contribution is -0.139. The lowest BCUT2D eigenvalue weighted by Gasteiger charge is -2.32. The number of ether oxygens (including phenoxy) is 2. The van der Waals surface area contributed by atoms with Crippen LogP contribution in [0.15, 0.2) is 114 Å². The number of carbonyl (C=O) groups is 3. The Morgan fingerprint density at radius 3 is 1.47 bits per heavy atom. The summed E-state index contributed by atoms with van der Waals surface area (Å²) < 4.78 is 10.5. The Balaban J connectivity index is 2.21. The Morgan fingerprint density at radius 1 is 0.639 bits per heavy atom. The molecule has 1 aliphatic rings. The predicted octanol–water partition coefficient (Wildman–Crippen LogP) is 3.71. The van der Waals surface area contributed by atoms with Crippen LogP contribution in [0.1, 0.15) is 13.8 Å². The molecule has 3 aromatic rings. The number of hydrogen-bond acceptors (Lipinski definition) is 5. The summed E-state index contributed by atoms with van der Waals surface area (Å²) in [4.78, 5) is 40.0. The van der Waals surface area contributed by atoms with Crippen molar-refractivity contribution in [3.05, 3.63) is 114 Å². The third-order valence-corrected chi connectivity index (χ3v) is 10.1. The third kappa shape index (κ3) is 4.62. The van der Waals surface area contributed by atoms with E-state index in [1.54, 1.807) is 19.9 Å². The number of allylic oxidation sites excluding steroid dienone is 1. The topological polar surface area (TPSA) is 69.7 Å². The van der Waals surface area contributed by atoms with Crippen LogP contribution in [0, 0.1) is 0 Å². The highest BCUT2D eigenvalue weighted by Crippen LogP contribution is 2.48. The molecular weight excluding hydrogens is 471 g/mol. The average molecular weight is 499 g/mol. The second-order valence-electron chi connectivity index (χ2n) is 7.99. The van der Waals surface area contributed by atoms with E-state index >= 15 is 0 Å². The molecule has 6 heteroatoms. The number of benzene rings is 3. The summed E-state index contributed by atoms with van der Waals surface area (Å²) in [7, 11) is 0. The zero-order valence-electron chi connectivity index (χ0n) is 20.2. The summed E-state index contributed by atoms with van der Waals surface area (Å²) in [6, 6.07) is 29.3. The van der Waals surface area contributed by atoms with Gasteiger partial charge in [-0.25, -0.2) is 9.59 Å². The molecule has 0 spiro atoms. The maximum absolute atomic E-state index is 14.2. The lowest BCUT2D eigenvalue weighted by atomic mass is 9.98. The van der Waals surface area contributed by atoms with E-state index in [0.717, 1.165) is 15.9 Å². The number of rotatable bonds is 7. The van der Waals surface area contributed by atoms with E-state index in [4.69, 9.17) is 9.47 Å². The molecule has 0 saturated heterocycles. The molecule has 0 bridgehead atoms. The van der Waals surface area contributed by atoms with Crippen LogP contribution in [0.5, 0.6) is 0 Å². The van der Waals surface area contributed by atoms with Gasteiger partial charge in [-0.05, 0) is 48.8 Å². The maximum Gasteiger partial charge on any atom is 0.342 e. The van der Waals surface area contributed by atoms with Crippen LogP contribution in [0.4, 0.5) is 0 Å². The van der Waals surface area contributed by atoms with Crippen LogP contribution in [0.3, 0.4) is 0 Å². The van der Waals surface area contributed by atoms with Gasteiger partial charge in [0.05, 0.1) is 18.8 Å². The zero-order valence-corrected chi connectivity index (χ0v) is 21.1. The molecule has 0 unspecified atom stereocenters. The fourth-order valence-electron chi connectivity index (χ4n) is 4.37. The summed E-state index contributed by atoms with van der Waals surface area (Å²) >= 11 is 0. The van der Waals surface area contributed by atoms with Gasteiger partial charge in [0.2, 0.25) is 5.78 Å². The largest absolute Gasteiger partial charge is 0.462 e. The summed E-state index contributed by atoms with van der Waals surface area (Å²) in [5.41, 5.74) is -0.0359. The van der Waals surface area contributed by atoms with Crippen LogP contribution >= 0.6 is 6.89 Å². The third-order valence-electron chi connectivity index (χ3n) is 5.87. The molecule has 1 aliphatic carbocycles. The van der Waals surface area contributed by atoms with Gasteiger partial charge in [-0.3, -0.25) is 4.79 Å². The van der Waals surface area contributed by atoms with Crippen LogP contribution < -0.4 is 15.9 Å². The standard InChI is InChI=1S/C30H27O5P/c1-3-34-29(32)22-20-26(30(33)35-4-2)28(31)27(21-22)36(23-14-8-5-9-15-23,24-16-10-6-11-17-24)25-18-12-7-13-19-25/h5-21H,3-4H2,1-2H3. The van der Waals surface area contributed by atoms with Gasteiger partial charge in [0.25, 0.3) is 0 Å². The van der Waals surface area contributed by atoms with Crippen molar-refractivity contribution in [2.45, 2.75) is 13.8 Å². The monoisotopic (exact) mass is 498 g/mol. The fourth-order valence-corrected chi connectivity index (χ4v) is 8.72. The smallest absolute Gasteiger partial charge is 0.342 e. The average Bonchev–Trinajstić information content (AvgIpc) is 2.92. The number of carbonyl (C=O) groups excluding carboxylic acids is 3. The van der Waals surface area contributed by atoms with Crippen molar-refractivity contribution in [1.82, 2.24) is 0 Å². The summed E-state index contributed by atoms with van der Waals surface area (Å²) in [5, 5.41) is 3.15. The normalized spacial score (nSPS) is 13.5. The molecule has 4 rings (SSSR count). The SMILES string of the molecule is CCOC(=O)C1=CC(=P(c2ccccc2)(c2ccccc2)c2ccccc2)C(=O)C(C(=O)OCC)=C1. The molecule has 5 nitrogen and oxygen atoms in total. The molecule has 182 valence electrons. The van der Waals surface area contributed by atoms with E-state index in [-0.39, 0.29) is 24.4 Å². The Bertz CT molecular complexity index is 1280. The van der Waals surface area contributed by atoms with Crippen molar-refractivity contribution in [3.8, 4) is 0 Å². The first-order chi connectivity index (χ1) is 17.5. The van der Waals surface area contributed by atoms with Gasteiger partial charge in [-0.15, -0.1) is 0 Å². The van der Waals surface area contributed by atoms with E-state index in [0.29, 0.717) is 5.29 Å². The first kappa shape index (κ1) is 25.2. The number of ketones is 1. The van der Waals surface area contributed by atoms with Gasteiger partial charge in [0.15, 0.2) is 0 Å². The van der Waals surface area contributed by atoms with Crippen LogP contribution in [-0.2, 0) is 23.9 Å². The minimum Gasteiger partial charge on any atom is -0.462 e. The van der Waals surface area contributed by atoms with Gasteiger partial charge in [-0.1, -0.05) is 91.0 Å². The Labute approximate surface area is 211 Å². The molecule has 0 heterocycles. The first-order valence-electron chi connectivity index (χ1n) is 11.8. The van der Waals surface area contributed by atoms with Gasteiger partial charge in [0.1, 0.15) is 5.57 Å². The Kier molecular flexibility index (Phi) is 7.82. The van der Waals surface area contributed by atoms with Crippen molar-refractivity contribution in [3.63, 3.8) is 0 Å². The fraction of sp³-hybridized carbons (Fsp3) is 0.133. The predicted molar refractivity (Wildman–Crippen MR) is 145 cm³/mol. The van der Waals surface area contributed by atoms with Gasteiger partial charge in [0, 0.05) is 5.29 Å². The second-order valence-corrected chi connectivity index (χ2v) is 11.4. The maximum atomic E-state index is 14.2. The molecule has 0 N–H and O–H groups in total. The Hall–Kier alpha value is -3.95. The molecule has 36 heavy (non-hydrogen) atoms. The number of Topliss-reactive ketones (excluding diaryl/α,β-unsaturated/α-hetero) is 1. The van der Waals surface area contributed by atoms with Gasteiger partial charge < -0.3 is 9.47 Å². The summed E-state index contributed by atoms with van der Waals surface area (Å²) in [5.74, 6) is -1.81. The highest BCUT2D eigenvalue weighted by atomic mass is 31.2. The van der Waals surface area contributed by atoms with Gasteiger partial charge in [-0.2, -0.15) is 0 Å². The van der Waals surface area contributed by atoms with E-state index in [2.05, 4.69) is 0 Å². The summed E-state index contributed by atoms with van der Waals surface area (Å²) in [6.07, 6.45) is 2.89. The zero-order chi connectivity index (χ0) is 25.5. The first-order valence-corrected chi connectivity index (χ1v) is 13.6. The van der Waals surface area contributed by atoms with E-state index in [1.165, 1.54) is 6.08 Å². The molecule has 0 atom stereocenters. The van der Waals surface area contributed by atoms with Crippen molar-refractivity contribution < 1.29 is 23.9 Å². The van der Waals surface area contributed by atoms with E-state index in [9.17, 15) is 14.4 Å². The lowest BCUT2D eigenvalue weighted by Crippen LogP contribution is -2.36. The molecule has 0 fully saturated rings. The quantitative estimate of drug-likeness (QED) is 0.282. The molecule has 0 aliphatic heterocycles. The molecular formula is C30H27O5P. The molecule has 0 amide bonds. The van der Waals surface area contributed by atoms with E-state index < -0.39 is 24.6 Å². The van der Waals surface area contributed by atoms with Crippen molar-refractivity contribution in [2.75, 3.05) is 13.2 Å². The van der Waals surface area contributed by atoms with Crippen LogP contribution in [0.2, 0.25) is 0 Å². The van der Waals surface area contributed by atoms with Gasteiger partial charge >= 0.3 is 11.9 Å². The number of hydrogen-bond donors (Lipinski definition) is 0. The number of esters is 2. The van der Waals surface area contributed by atoms with Crippen molar-refractivity contribution in [1.29, 1.82) is 0 Å². The molecule has 3 aromatic carbocycles. The highest BCUT2D eigenvalue weighted by Gasteiger charge is 2.37. The van der Waals surface area contributed by atoms with Crippen molar-refractivity contribution in [2.24, 2.45) is 0 Å². The molecule has 0 saturated carbocycles. The minimum absolute atomic E-state index is 0.105. The Morgan fingerprint density at radius 2 is 1.06 bits per heavy atom. The van der Waals surface area contributed by atoms with Crippen LogP contribution in [0.25, 0.3) is 0 Å². The summed E-state index contributed by atoms with van der Waals surface area (Å²) in [6.45, 7) is 0.812.